The van der Waals surface area contributed by atoms with Gasteiger partial charge in [-0.1, -0.05) is 44.2 Å². The van der Waals surface area contributed by atoms with Crippen LogP contribution < -0.4 is 10.2 Å². The second-order valence-electron chi connectivity index (χ2n) is 7.72. The van der Waals surface area contributed by atoms with Crippen LogP contribution >= 0.6 is 0 Å². The van der Waals surface area contributed by atoms with Gasteiger partial charge in [0, 0.05) is 24.2 Å². The summed E-state index contributed by atoms with van der Waals surface area (Å²) in [4.78, 5) is 20.3. The van der Waals surface area contributed by atoms with E-state index in [-0.39, 0.29) is 5.91 Å². The highest BCUT2D eigenvalue weighted by Gasteiger charge is 2.20. The summed E-state index contributed by atoms with van der Waals surface area (Å²) in [5, 5.41) is 3.94. The number of rotatable bonds is 4. The Kier molecular flexibility index (Phi) is 5.29. The largest absolute Gasteiger partial charge is 0.357 e. The van der Waals surface area contributed by atoms with Crippen LogP contribution in [0.4, 0.5) is 11.5 Å². The Hall–Kier alpha value is -2.88. The highest BCUT2D eigenvalue weighted by molar-refractivity contribution is 6.13. The van der Waals surface area contributed by atoms with E-state index >= 15 is 0 Å². The van der Waals surface area contributed by atoms with E-state index < -0.39 is 0 Å². The average Bonchev–Trinajstić information content (AvgIpc) is 2.74. The van der Waals surface area contributed by atoms with E-state index in [2.05, 4.69) is 36.2 Å². The normalized spacial score (nSPS) is 15.0. The molecule has 1 amide bonds. The Labute approximate surface area is 166 Å². The summed E-state index contributed by atoms with van der Waals surface area (Å²) in [5.41, 5.74) is 3.62. The SMILES string of the molecule is CCc1ccc(NC(=O)c2cc(N3CCC(C)CC3)nc3ccccc23)cc1. The van der Waals surface area contributed by atoms with Gasteiger partial charge in [-0.05, 0) is 55.0 Å². The number of nitrogens with zero attached hydrogens (tertiary/aromatic N) is 2. The standard InChI is InChI=1S/C24H27N3O/c1-3-18-8-10-19(11-9-18)25-24(28)21-16-23(27-14-12-17(2)13-15-27)26-22-7-5-4-6-20(21)22/h4-11,16-17H,3,12-15H2,1-2H3,(H,25,28). The minimum Gasteiger partial charge on any atom is -0.357 e. The average molecular weight is 374 g/mol. The molecule has 0 atom stereocenters. The molecule has 1 fully saturated rings. The molecule has 2 aromatic carbocycles. The van der Waals surface area contributed by atoms with Crippen molar-refractivity contribution in [2.24, 2.45) is 5.92 Å². The maximum absolute atomic E-state index is 13.1. The molecule has 1 aliphatic heterocycles. The van der Waals surface area contributed by atoms with Gasteiger partial charge in [0.1, 0.15) is 5.82 Å². The Balaban J connectivity index is 1.66. The number of piperidine rings is 1. The molecule has 0 spiro atoms. The summed E-state index contributed by atoms with van der Waals surface area (Å²) in [5.74, 6) is 1.57. The summed E-state index contributed by atoms with van der Waals surface area (Å²) in [6.45, 7) is 6.41. The second kappa shape index (κ2) is 8.01. The molecule has 0 radical (unpaired) electrons. The molecule has 144 valence electrons. The third-order valence-corrected chi connectivity index (χ3v) is 5.67. The van der Waals surface area contributed by atoms with Gasteiger partial charge in [-0.3, -0.25) is 4.79 Å². The molecule has 4 rings (SSSR count). The number of anilines is 2. The monoisotopic (exact) mass is 373 g/mol. The van der Waals surface area contributed by atoms with Crippen molar-refractivity contribution in [1.29, 1.82) is 0 Å². The maximum atomic E-state index is 13.1. The van der Waals surface area contributed by atoms with Crippen molar-refractivity contribution in [1.82, 2.24) is 4.98 Å². The Bertz CT molecular complexity index is 973. The number of carbonyl (C=O) groups excluding carboxylic acids is 1. The molecule has 0 saturated carbocycles. The van der Waals surface area contributed by atoms with Crippen LogP contribution in [-0.4, -0.2) is 24.0 Å². The fourth-order valence-electron chi connectivity index (χ4n) is 3.77. The lowest BCUT2D eigenvalue weighted by molar-refractivity contribution is 0.102. The molecule has 0 bridgehead atoms. The third kappa shape index (κ3) is 3.86. The fourth-order valence-corrected chi connectivity index (χ4v) is 3.77. The summed E-state index contributed by atoms with van der Waals surface area (Å²) in [6.07, 6.45) is 3.32. The van der Waals surface area contributed by atoms with Crippen LogP contribution in [-0.2, 0) is 6.42 Å². The first kappa shape index (κ1) is 18.5. The number of aryl methyl sites for hydroxylation is 1. The molecule has 4 nitrogen and oxygen atoms in total. The smallest absolute Gasteiger partial charge is 0.256 e. The lowest BCUT2D eigenvalue weighted by atomic mass is 9.99. The van der Waals surface area contributed by atoms with Crippen molar-refractivity contribution in [3.05, 3.63) is 65.7 Å². The van der Waals surface area contributed by atoms with E-state index in [1.54, 1.807) is 0 Å². The lowest BCUT2D eigenvalue weighted by Gasteiger charge is -2.31. The maximum Gasteiger partial charge on any atom is 0.256 e. The van der Waals surface area contributed by atoms with Gasteiger partial charge in [0.2, 0.25) is 0 Å². The van der Waals surface area contributed by atoms with Crippen LogP contribution in [0.1, 0.15) is 42.6 Å². The molecular weight excluding hydrogens is 346 g/mol. The fraction of sp³-hybridized carbons (Fsp3) is 0.333. The van der Waals surface area contributed by atoms with E-state index in [9.17, 15) is 4.79 Å². The van der Waals surface area contributed by atoms with Gasteiger partial charge in [-0.25, -0.2) is 4.98 Å². The van der Waals surface area contributed by atoms with Crippen LogP contribution in [0.5, 0.6) is 0 Å². The number of amides is 1. The van der Waals surface area contributed by atoms with Crippen molar-refractivity contribution in [2.75, 3.05) is 23.3 Å². The third-order valence-electron chi connectivity index (χ3n) is 5.67. The van der Waals surface area contributed by atoms with Crippen molar-refractivity contribution in [3.63, 3.8) is 0 Å². The number of benzene rings is 2. The zero-order valence-corrected chi connectivity index (χ0v) is 16.6. The number of aromatic nitrogens is 1. The first-order valence-electron chi connectivity index (χ1n) is 10.2. The minimum atomic E-state index is -0.0884. The summed E-state index contributed by atoms with van der Waals surface area (Å²) in [7, 11) is 0. The predicted octanol–water partition coefficient (Wildman–Crippen LogP) is 5.29. The topological polar surface area (TPSA) is 45.2 Å². The molecule has 0 aliphatic carbocycles. The van der Waals surface area contributed by atoms with Gasteiger partial charge >= 0.3 is 0 Å². The lowest BCUT2D eigenvalue weighted by Crippen LogP contribution is -2.33. The van der Waals surface area contributed by atoms with Crippen LogP contribution in [0.3, 0.4) is 0 Å². The van der Waals surface area contributed by atoms with Gasteiger partial charge in [-0.2, -0.15) is 0 Å². The zero-order valence-electron chi connectivity index (χ0n) is 16.6. The zero-order chi connectivity index (χ0) is 19.5. The Morgan fingerprint density at radius 1 is 1.11 bits per heavy atom. The van der Waals surface area contributed by atoms with Crippen molar-refractivity contribution in [2.45, 2.75) is 33.1 Å². The highest BCUT2D eigenvalue weighted by Crippen LogP contribution is 2.27. The van der Waals surface area contributed by atoms with Gasteiger partial charge in [-0.15, -0.1) is 0 Å². The summed E-state index contributed by atoms with van der Waals surface area (Å²) < 4.78 is 0. The predicted molar refractivity (Wildman–Crippen MR) is 116 cm³/mol. The molecule has 1 aliphatic rings. The number of hydrogen-bond donors (Lipinski definition) is 1. The number of carbonyl (C=O) groups is 1. The van der Waals surface area contributed by atoms with Gasteiger partial charge in [0.25, 0.3) is 5.91 Å². The number of fused-ring (bicyclic) bond motifs is 1. The van der Waals surface area contributed by atoms with E-state index in [0.717, 1.165) is 47.8 Å². The molecule has 4 heteroatoms. The molecule has 1 N–H and O–H groups in total. The first-order chi connectivity index (χ1) is 13.6. The van der Waals surface area contributed by atoms with Gasteiger partial charge < -0.3 is 10.2 Å². The van der Waals surface area contributed by atoms with E-state index in [1.807, 2.05) is 42.5 Å². The molecule has 1 aromatic heterocycles. The quantitative estimate of drug-likeness (QED) is 0.676. The summed E-state index contributed by atoms with van der Waals surface area (Å²) in [6, 6.07) is 17.9. The van der Waals surface area contributed by atoms with Crippen molar-refractivity contribution in [3.8, 4) is 0 Å². The molecule has 2 heterocycles. The summed E-state index contributed by atoms with van der Waals surface area (Å²) >= 11 is 0. The van der Waals surface area contributed by atoms with Gasteiger partial charge in [0.05, 0.1) is 11.1 Å². The number of nitrogens with one attached hydrogen (secondary N) is 1. The van der Waals surface area contributed by atoms with Crippen molar-refractivity contribution < 1.29 is 4.79 Å². The number of para-hydroxylation sites is 1. The molecule has 1 saturated heterocycles. The van der Waals surface area contributed by atoms with Crippen molar-refractivity contribution >= 4 is 28.3 Å². The molecule has 3 aromatic rings. The van der Waals surface area contributed by atoms with Crippen LogP contribution in [0, 0.1) is 5.92 Å². The number of hydrogen-bond acceptors (Lipinski definition) is 3. The molecule has 28 heavy (non-hydrogen) atoms. The Morgan fingerprint density at radius 3 is 2.54 bits per heavy atom. The Morgan fingerprint density at radius 2 is 1.82 bits per heavy atom. The van der Waals surface area contributed by atoms with Crippen LogP contribution in [0.15, 0.2) is 54.6 Å². The first-order valence-corrected chi connectivity index (χ1v) is 10.2. The molecular formula is C24H27N3O. The minimum absolute atomic E-state index is 0.0884. The van der Waals surface area contributed by atoms with E-state index in [4.69, 9.17) is 4.98 Å². The van der Waals surface area contributed by atoms with E-state index in [1.165, 1.54) is 18.4 Å². The van der Waals surface area contributed by atoms with Crippen LogP contribution in [0.2, 0.25) is 0 Å². The van der Waals surface area contributed by atoms with Gasteiger partial charge in [0.15, 0.2) is 0 Å². The van der Waals surface area contributed by atoms with E-state index in [0.29, 0.717) is 5.56 Å². The molecule has 0 unspecified atom stereocenters. The second-order valence-corrected chi connectivity index (χ2v) is 7.72. The highest BCUT2D eigenvalue weighted by atomic mass is 16.1. The van der Waals surface area contributed by atoms with Crippen LogP contribution in [0.25, 0.3) is 10.9 Å². The number of pyridine rings is 1.